The molecule has 3 heteroatoms. The second-order valence-electron chi connectivity index (χ2n) is 6.15. The SMILES string of the molecule is CCc1ccc(OCc2ccc(/C=C/C(=O)c3ccc(C)cc3)o2)cc1. The monoisotopic (exact) mass is 346 g/mol. The number of aryl methyl sites for hydroxylation is 2. The van der Waals surface area contributed by atoms with Crippen LogP contribution >= 0.6 is 0 Å². The van der Waals surface area contributed by atoms with Gasteiger partial charge in [0.25, 0.3) is 0 Å². The lowest BCUT2D eigenvalue weighted by molar-refractivity contribution is 0.104. The van der Waals surface area contributed by atoms with Crippen LogP contribution in [0, 0.1) is 6.92 Å². The Morgan fingerprint density at radius 3 is 2.42 bits per heavy atom. The normalized spacial score (nSPS) is 11.0. The average Bonchev–Trinajstić information content (AvgIpc) is 3.13. The lowest BCUT2D eigenvalue weighted by atomic mass is 10.1. The first-order valence-corrected chi connectivity index (χ1v) is 8.73. The number of carbonyl (C=O) groups excluding carboxylic acids is 1. The van der Waals surface area contributed by atoms with Crippen molar-refractivity contribution < 1.29 is 13.9 Å². The summed E-state index contributed by atoms with van der Waals surface area (Å²) in [7, 11) is 0. The minimum absolute atomic E-state index is 0.0461. The Hall–Kier alpha value is -3.07. The van der Waals surface area contributed by atoms with Crippen molar-refractivity contribution in [3.8, 4) is 5.75 Å². The third-order valence-corrected chi connectivity index (χ3v) is 4.13. The summed E-state index contributed by atoms with van der Waals surface area (Å²) in [5.41, 5.74) is 3.07. The number of furan rings is 1. The molecule has 0 spiro atoms. The van der Waals surface area contributed by atoms with E-state index >= 15 is 0 Å². The van der Waals surface area contributed by atoms with Gasteiger partial charge in [-0.3, -0.25) is 4.79 Å². The van der Waals surface area contributed by atoms with Crippen molar-refractivity contribution in [3.05, 3.63) is 95.0 Å². The van der Waals surface area contributed by atoms with E-state index in [9.17, 15) is 4.79 Å². The molecule has 3 rings (SSSR count). The molecule has 0 fully saturated rings. The van der Waals surface area contributed by atoms with Gasteiger partial charge in [-0.2, -0.15) is 0 Å². The Kier molecular flexibility index (Phi) is 5.69. The molecule has 0 aliphatic rings. The highest BCUT2D eigenvalue weighted by Crippen LogP contribution is 2.16. The number of ketones is 1. The van der Waals surface area contributed by atoms with E-state index < -0.39 is 0 Å². The fourth-order valence-corrected chi connectivity index (χ4v) is 2.51. The molecule has 1 aromatic heterocycles. The fourth-order valence-electron chi connectivity index (χ4n) is 2.51. The van der Waals surface area contributed by atoms with E-state index in [1.807, 2.05) is 55.5 Å². The third kappa shape index (κ3) is 4.73. The van der Waals surface area contributed by atoms with Crippen LogP contribution in [0.5, 0.6) is 5.75 Å². The maximum absolute atomic E-state index is 12.1. The number of rotatable bonds is 7. The van der Waals surface area contributed by atoms with Gasteiger partial charge in [-0.05, 0) is 55.3 Å². The minimum atomic E-state index is -0.0461. The number of ether oxygens (including phenoxy) is 1. The summed E-state index contributed by atoms with van der Waals surface area (Å²) >= 11 is 0. The van der Waals surface area contributed by atoms with E-state index in [1.165, 1.54) is 11.6 Å². The maximum atomic E-state index is 12.1. The zero-order valence-electron chi connectivity index (χ0n) is 15.1. The first kappa shape index (κ1) is 17.7. The summed E-state index contributed by atoms with van der Waals surface area (Å²) in [5, 5.41) is 0. The molecule has 0 unspecified atom stereocenters. The first-order valence-electron chi connectivity index (χ1n) is 8.73. The molecule has 0 aliphatic carbocycles. The highest BCUT2D eigenvalue weighted by atomic mass is 16.5. The summed E-state index contributed by atoms with van der Waals surface area (Å²) in [6.45, 7) is 4.47. The number of hydrogen-bond acceptors (Lipinski definition) is 3. The molecule has 3 nitrogen and oxygen atoms in total. The molecule has 0 saturated carbocycles. The van der Waals surface area contributed by atoms with Crippen molar-refractivity contribution in [3.63, 3.8) is 0 Å². The van der Waals surface area contributed by atoms with Crippen LogP contribution in [0.4, 0.5) is 0 Å². The van der Waals surface area contributed by atoms with E-state index in [4.69, 9.17) is 9.15 Å². The lowest BCUT2D eigenvalue weighted by Crippen LogP contribution is -1.94. The molecule has 3 aromatic rings. The molecule has 0 aliphatic heterocycles. The topological polar surface area (TPSA) is 39.4 Å². The van der Waals surface area contributed by atoms with Crippen molar-refractivity contribution in [2.24, 2.45) is 0 Å². The van der Waals surface area contributed by atoms with Gasteiger partial charge in [-0.1, -0.05) is 48.9 Å². The predicted molar refractivity (Wildman–Crippen MR) is 103 cm³/mol. The molecule has 132 valence electrons. The summed E-state index contributed by atoms with van der Waals surface area (Å²) in [6, 6.07) is 19.2. The summed E-state index contributed by atoms with van der Waals surface area (Å²) in [6.07, 6.45) is 4.22. The molecule has 0 bridgehead atoms. The van der Waals surface area contributed by atoms with Gasteiger partial charge in [0, 0.05) is 5.56 Å². The second-order valence-corrected chi connectivity index (χ2v) is 6.15. The van der Waals surface area contributed by atoms with Crippen molar-refractivity contribution in [2.45, 2.75) is 26.9 Å². The zero-order chi connectivity index (χ0) is 18.4. The number of carbonyl (C=O) groups is 1. The Morgan fingerprint density at radius 1 is 1.00 bits per heavy atom. The number of allylic oxidation sites excluding steroid dienone is 1. The van der Waals surface area contributed by atoms with Gasteiger partial charge in [0.1, 0.15) is 23.9 Å². The molecule has 0 amide bonds. The quantitative estimate of drug-likeness (QED) is 0.411. The number of benzene rings is 2. The van der Waals surface area contributed by atoms with Gasteiger partial charge in [-0.15, -0.1) is 0 Å². The lowest BCUT2D eigenvalue weighted by Gasteiger charge is -2.04. The van der Waals surface area contributed by atoms with E-state index in [-0.39, 0.29) is 5.78 Å². The molecule has 0 atom stereocenters. The molecular formula is C23H22O3. The number of hydrogen-bond donors (Lipinski definition) is 0. The van der Waals surface area contributed by atoms with Gasteiger partial charge in [-0.25, -0.2) is 0 Å². The fraction of sp³-hybridized carbons (Fsp3) is 0.174. The maximum Gasteiger partial charge on any atom is 0.185 e. The standard InChI is InChI=1S/C23H22O3/c1-3-18-6-10-20(11-7-18)25-16-22-13-12-21(26-22)14-15-23(24)19-8-4-17(2)5-9-19/h4-15H,3,16H2,1-2H3/b15-14+. The smallest absolute Gasteiger partial charge is 0.185 e. The van der Waals surface area contributed by atoms with Crippen LogP contribution in [-0.4, -0.2) is 5.78 Å². The molecule has 1 heterocycles. The predicted octanol–water partition coefficient (Wildman–Crippen LogP) is 5.63. The van der Waals surface area contributed by atoms with Gasteiger partial charge >= 0.3 is 0 Å². The highest BCUT2D eigenvalue weighted by molar-refractivity contribution is 6.06. The van der Waals surface area contributed by atoms with Crippen molar-refractivity contribution in [1.29, 1.82) is 0 Å². The van der Waals surface area contributed by atoms with Crippen LogP contribution in [0.3, 0.4) is 0 Å². The highest BCUT2D eigenvalue weighted by Gasteiger charge is 2.04. The van der Waals surface area contributed by atoms with Crippen LogP contribution in [0.25, 0.3) is 6.08 Å². The van der Waals surface area contributed by atoms with Crippen molar-refractivity contribution in [1.82, 2.24) is 0 Å². The van der Waals surface area contributed by atoms with Crippen molar-refractivity contribution in [2.75, 3.05) is 0 Å². The molecule has 0 radical (unpaired) electrons. The molecular weight excluding hydrogens is 324 g/mol. The summed E-state index contributed by atoms with van der Waals surface area (Å²) in [5.74, 6) is 2.11. The van der Waals surface area contributed by atoms with Crippen LogP contribution < -0.4 is 4.74 Å². The molecule has 26 heavy (non-hydrogen) atoms. The van der Waals surface area contributed by atoms with E-state index in [0.29, 0.717) is 23.7 Å². The summed E-state index contributed by atoms with van der Waals surface area (Å²) < 4.78 is 11.4. The van der Waals surface area contributed by atoms with Gasteiger partial charge < -0.3 is 9.15 Å². The van der Waals surface area contributed by atoms with E-state index in [1.54, 1.807) is 6.08 Å². The average molecular weight is 346 g/mol. The van der Waals surface area contributed by atoms with Crippen LogP contribution in [0.15, 0.2) is 71.2 Å². The molecule has 0 N–H and O–H groups in total. The van der Waals surface area contributed by atoms with Crippen LogP contribution in [-0.2, 0) is 13.0 Å². The first-order chi connectivity index (χ1) is 12.6. The van der Waals surface area contributed by atoms with Gasteiger partial charge in [0.15, 0.2) is 5.78 Å². The Balaban J connectivity index is 1.56. The van der Waals surface area contributed by atoms with Crippen molar-refractivity contribution >= 4 is 11.9 Å². The van der Waals surface area contributed by atoms with Crippen LogP contribution in [0.1, 0.15) is 39.9 Å². The summed E-state index contributed by atoms with van der Waals surface area (Å²) in [4.78, 5) is 12.1. The molecule has 0 saturated heterocycles. The zero-order valence-corrected chi connectivity index (χ0v) is 15.1. The van der Waals surface area contributed by atoms with Gasteiger partial charge in [0.2, 0.25) is 0 Å². The van der Waals surface area contributed by atoms with Gasteiger partial charge in [0.05, 0.1) is 0 Å². The Morgan fingerprint density at radius 2 is 1.73 bits per heavy atom. The van der Waals surface area contributed by atoms with E-state index in [2.05, 4.69) is 19.1 Å². The minimum Gasteiger partial charge on any atom is -0.486 e. The second kappa shape index (κ2) is 8.34. The largest absolute Gasteiger partial charge is 0.486 e. The Labute approximate surface area is 153 Å². The Bertz CT molecular complexity index is 884. The molecule has 2 aromatic carbocycles. The third-order valence-electron chi connectivity index (χ3n) is 4.13. The van der Waals surface area contributed by atoms with Crippen LogP contribution in [0.2, 0.25) is 0 Å². The van der Waals surface area contributed by atoms with E-state index in [0.717, 1.165) is 17.7 Å².